The van der Waals surface area contributed by atoms with E-state index < -0.39 is 0 Å². The zero-order valence-electron chi connectivity index (χ0n) is 8.38. The van der Waals surface area contributed by atoms with E-state index in [0.29, 0.717) is 20.1 Å². The van der Waals surface area contributed by atoms with E-state index in [-0.39, 0.29) is 0 Å². The zero-order valence-corrected chi connectivity index (χ0v) is 9.38. The molecule has 4 heteroatoms. The van der Waals surface area contributed by atoms with Crippen LogP contribution in [0.3, 0.4) is 0 Å². The number of nitrogens with one attached hydrogen (secondary N) is 1. The molecule has 1 aliphatic rings. The van der Waals surface area contributed by atoms with Crippen molar-refractivity contribution in [3.8, 4) is 0 Å². The Balaban J connectivity index is 2.17. The van der Waals surface area contributed by atoms with E-state index in [9.17, 15) is 5.11 Å². The summed E-state index contributed by atoms with van der Waals surface area (Å²) in [5, 5.41) is 12.7. The molecule has 2 N–H and O–H groups in total. The second-order valence-corrected chi connectivity index (χ2v) is 5.00. The molecule has 0 aromatic heterocycles. The van der Waals surface area contributed by atoms with Crippen LogP contribution in [0.5, 0.6) is 0 Å². The standard InChI is InChI=1S/C9H19N2OP/c1-11(2)5-4-10-8-3-6-13-9(12)7-8/h7-8,10,12-13H,3-6H2,1-2H3. The van der Waals surface area contributed by atoms with Crippen molar-refractivity contribution < 1.29 is 5.11 Å². The monoisotopic (exact) mass is 202 g/mol. The minimum absolute atomic E-state index is 0.390. The van der Waals surface area contributed by atoms with E-state index in [1.165, 1.54) is 0 Å². The van der Waals surface area contributed by atoms with Gasteiger partial charge in [-0.15, -0.1) is 0 Å². The van der Waals surface area contributed by atoms with Crippen LogP contribution in [-0.2, 0) is 0 Å². The molecule has 0 fully saturated rings. The van der Waals surface area contributed by atoms with Gasteiger partial charge in [0.05, 0.1) is 0 Å². The minimum Gasteiger partial charge on any atom is -0.508 e. The van der Waals surface area contributed by atoms with Gasteiger partial charge < -0.3 is 15.3 Å². The Morgan fingerprint density at radius 1 is 1.69 bits per heavy atom. The summed E-state index contributed by atoms with van der Waals surface area (Å²) in [5.74, 6) is 0. The first-order valence-corrected chi connectivity index (χ1v) is 5.92. The predicted octanol–water partition coefficient (Wildman–Crippen LogP) is 0.988. The molecule has 1 rings (SSSR count). The molecule has 1 heterocycles. The zero-order chi connectivity index (χ0) is 9.68. The van der Waals surface area contributed by atoms with Gasteiger partial charge in [-0.1, -0.05) is 8.58 Å². The molecule has 13 heavy (non-hydrogen) atoms. The molecule has 0 radical (unpaired) electrons. The number of nitrogens with zero attached hydrogens (tertiary/aromatic N) is 1. The first-order chi connectivity index (χ1) is 6.18. The van der Waals surface area contributed by atoms with Crippen molar-refractivity contribution in [1.29, 1.82) is 0 Å². The number of hydrogen-bond donors (Lipinski definition) is 2. The van der Waals surface area contributed by atoms with Crippen LogP contribution in [0.4, 0.5) is 0 Å². The van der Waals surface area contributed by atoms with E-state index in [2.05, 4.69) is 24.3 Å². The molecule has 0 bridgehead atoms. The maximum atomic E-state index is 9.31. The second-order valence-electron chi connectivity index (χ2n) is 3.63. The molecule has 0 aliphatic carbocycles. The maximum absolute atomic E-state index is 9.31. The number of likely N-dealkylation sites (N-methyl/N-ethyl adjacent to an activating group) is 1. The van der Waals surface area contributed by atoms with E-state index in [0.717, 1.165) is 25.7 Å². The van der Waals surface area contributed by atoms with Gasteiger partial charge in [-0.05, 0) is 32.8 Å². The summed E-state index contributed by atoms with van der Waals surface area (Å²) < 4.78 is 0. The Morgan fingerprint density at radius 2 is 2.46 bits per heavy atom. The number of aliphatic hydroxyl groups is 1. The minimum atomic E-state index is 0.390. The number of hydrogen-bond acceptors (Lipinski definition) is 3. The van der Waals surface area contributed by atoms with Crippen LogP contribution in [0.2, 0.25) is 0 Å². The van der Waals surface area contributed by atoms with Gasteiger partial charge in [0.15, 0.2) is 0 Å². The van der Waals surface area contributed by atoms with Gasteiger partial charge in [-0.25, -0.2) is 0 Å². The highest BCUT2D eigenvalue weighted by molar-refractivity contribution is 7.42. The summed E-state index contributed by atoms with van der Waals surface area (Å²) in [6, 6.07) is 0.390. The highest BCUT2D eigenvalue weighted by atomic mass is 31.1. The Kier molecular flexibility index (Phi) is 4.71. The molecule has 1 aliphatic heterocycles. The highest BCUT2D eigenvalue weighted by Gasteiger charge is 2.11. The Labute approximate surface area is 82.0 Å². The van der Waals surface area contributed by atoms with Crippen molar-refractivity contribution in [2.24, 2.45) is 0 Å². The lowest BCUT2D eigenvalue weighted by molar-refractivity contribution is 0.386. The van der Waals surface area contributed by atoms with Gasteiger partial charge in [0.1, 0.15) is 5.50 Å². The Morgan fingerprint density at radius 3 is 3.08 bits per heavy atom. The summed E-state index contributed by atoms with van der Waals surface area (Å²) in [6.45, 7) is 2.04. The third kappa shape index (κ3) is 4.61. The third-order valence-corrected chi connectivity index (χ3v) is 3.15. The molecule has 2 atom stereocenters. The van der Waals surface area contributed by atoms with Crippen LogP contribution in [-0.4, -0.2) is 49.4 Å². The molecule has 2 unspecified atom stereocenters. The van der Waals surface area contributed by atoms with Crippen molar-refractivity contribution >= 4 is 8.58 Å². The molecule has 0 saturated heterocycles. The van der Waals surface area contributed by atoms with Crippen LogP contribution in [0.25, 0.3) is 0 Å². The SMILES string of the molecule is CN(C)CCNC1C=C(O)PCC1. The smallest absolute Gasteiger partial charge is 0.108 e. The fourth-order valence-corrected chi connectivity index (χ4v) is 2.35. The lowest BCUT2D eigenvalue weighted by Crippen LogP contribution is -2.34. The molecule has 0 aromatic carbocycles. The predicted molar refractivity (Wildman–Crippen MR) is 58.9 cm³/mol. The van der Waals surface area contributed by atoms with Crippen molar-refractivity contribution in [1.82, 2.24) is 10.2 Å². The third-order valence-electron chi connectivity index (χ3n) is 2.09. The van der Waals surface area contributed by atoms with Crippen LogP contribution < -0.4 is 5.32 Å². The topological polar surface area (TPSA) is 35.5 Å². The fourth-order valence-electron chi connectivity index (χ4n) is 1.32. The molecular weight excluding hydrogens is 183 g/mol. The molecule has 76 valence electrons. The lowest BCUT2D eigenvalue weighted by Gasteiger charge is -2.20. The first kappa shape index (κ1) is 11.0. The van der Waals surface area contributed by atoms with Crippen LogP contribution in [0, 0.1) is 0 Å². The van der Waals surface area contributed by atoms with Crippen LogP contribution in [0.1, 0.15) is 6.42 Å². The molecule has 0 amide bonds. The first-order valence-electron chi connectivity index (χ1n) is 4.71. The van der Waals surface area contributed by atoms with Gasteiger partial charge in [0, 0.05) is 19.1 Å². The summed E-state index contributed by atoms with van der Waals surface area (Å²) in [5.41, 5.74) is 0.577. The van der Waals surface area contributed by atoms with Crippen molar-refractivity contribution in [3.63, 3.8) is 0 Å². The second kappa shape index (κ2) is 5.58. The Hall–Kier alpha value is -0.110. The van der Waals surface area contributed by atoms with E-state index >= 15 is 0 Å². The van der Waals surface area contributed by atoms with Gasteiger partial charge in [-0.2, -0.15) is 0 Å². The van der Waals surface area contributed by atoms with E-state index in [1.807, 2.05) is 6.08 Å². The Bertz CT molecular complexity index is 182. The van der Waals surface area contributed by atoms with Crippen molar-refractivity contribution in [2.45, 2.75) is 12.5 Å². The number of aliphatic hydroxyl groups excluding tert-OH is 1. The quantitative estimate of drug-likeness (QED) is 0.667. The van der Waals surface area contributed by atoms with E-state index in [1.54, 1.807) is 0 Å². The van der Waals surface area contributed by atoms with Crippen molar-refractivity contribution in [3.05, 3.63) is 11.6 Å². The van der Waals surface area contributed by atoms with Crippen LogP contribution >= 0.6 is 8.58 Å². The molecule has 0 saturated carbocycles. The molecule has 0 aromatic rings. The summed E-state index contributed by atoms with van der Waals surface area (Å²) >= 11 is 0. The number of rotatable bonds is 4. The summed E-state index contributed by atoms with van der Waals surface area (Å²) in [7, 11) is 4.76. The van der Waals surface area contributed by atoms with Gasteiger partial charge in [-0.3, -0.25) is 0 Å². The van der Waals surface area contributed by atoms with Gasteiger partial charge in [0.2, 0.25) is 0 Å². The fraction of sp³-hybridized carbons (Fsp3) is 0.778. The molecule has 0 spiro atoms. The van der Waals surface area contributed by atoms with Crippen molar-refractivity contribution in [2.75, 3.05) is 33.3 Å². The largest absolute Gasteiger partial charge is 0.508 e. The highest BCUT2D eigenvalue weighted by Crippen LogP contribution is 2.27. The summed E-state index contributed by atoms with van der Waals surface area (Å²) in [6.07, 6.45) is 4.25. The average molecular weight is 202 g/mol. The molecular formula is C9H19N2OP. The normalized spacial score (nSPS) is 25.2. The maximum Gasteiger partial charge on any atom is 0.108 e. The van der Waals surface area contributed by atoms with Gasteiger partial charge in [0.25, 0.3) is 0 Å². The van der Waals surface area contributed by atoms with Gasteiger partial charge >= 0.3 is 0 Å². The average Bonchev–Trinajstić information content (AvgIpc) is 2.03. The summed E-state index contributed by atoms with van der Waals surface area (Å²) in [4.78, 5) is 2.15. The van der Waals surface area contributed by atoms with E-state index in [4.69, 9.17) is 0 Å². The lowest BCUT2D eigenvalue weighted by atomic mass is 10.2. The molecule has 3 nitrogen and oxygen atoms in total. The van der Waals surface area contributed by atoms with Crippen LogP contribution in [0.15, 0.2) is 11.6 Å².